The molecule has 4 aromatic rings. The fourth-order valence-corrected chi connectivity index (χ4v) is 5.76. The van der Waals surface area contributed by atoms with Crippen LogP contribution in [0.5, 0.6) is 0 Å². The molecule has 0 bridgehead atoms. The maximum Gasteiger partial charge on any atom is 0.416 e. The monoisotopic (exact) mass is 527 g/mol. The maximum absolute atomic E-state index is 15.1. The van der Waals surface area contributed by atoms with Crippen molar-refractivity contribution in [2.24, 2.45) is 0 Å². The van der Waals surface area contributed by atoms with E-state index in [0.29, 0.717) is 47.2 Å². The summed E-state index contributed by atoms with van der Waals surface area (Å²) in [4.78, 5) is 14.1. The fraction of sp³-hybridized carbons (Fsp3) is 0.385. The summed E-state index contributed by atoms with van der Waals surface area (Å²) in [5.41, 5.74) is 1.43. The summed E-state index contributed by atoms with van der Waals surface area (Å²) in [6, 6.07) is 3.01. The first-order valence-corrected chi connectivity index (χ1v) is 13.1. The van der Waals surface area contributed by atoms with Gasteiger partial charge in [-0.15, -0.1) is 11.3 Å². The molecule has 0 spiro atoms. The van der Waals surface area contributed by atoms with Crippen LogP contribution in [-0.2, 0) is 10.9 Å². The second kappa shape index (κ2) is 8.42. The first kappa shape index (κ1) is 23.0. The molecule has 190 valence electrons. The number of alkyl halides is 3. The Morgan fingerprint density at radius 2 is 1.89 bits per heavy atom. The van der Waals surface area contributed by atoms with Crippen LogP contribution in [0.4, 0.5) is 17.6 Å². The van der Waals surface area contributed by atoms with Gasteiger partial charge in [-0.1, -0.05) is 0 Å². The van der Waals surface area contributed by atoms with E-state index in [1.165, 1.54) is 11.3 Å². The Bertz CT molecular complexity index is 1550. The van der Waals surface area contributed by atoms with E-state index >= 15 is 4.39 Å². The Kier molecular flexibility index (Phi) is 5.23. The van der Waals surface area contributed by atoms with Crippen LogP contribution >= 0.6 is 11.3 Å². The van der Waals surface area contributed by atoms with Gasteiger partial charge in [0, 0.05) is 23.2 Å². The predicted molar refractivity (Wildman–Crippen MR) is 129 cm³/mol. The Hall–Kier alpha value is -3.18. The molecule has 0 saturated heterocycles. The lowest BCUT2D eigenvalue weighted by Gasteiger charge is -2.21. The maximum atomic E-state index is 15.1. The van der Waals surface area contributed by atoms with Gasteiger partial charge in [0.05, 0.1) is 35.1 Å². The molecule has 2 aliphatic carbocycles. The van der Waals surface area contributed by atoms with E-state index in [9.17, 15) is 13.2 Å². The number of hydrogen-bond acceptors (Lipinski definition) is 6. The zero-order valence-electron chi connectivity index (χ0n) is 19.5. The third-order valence-electron chi connectivity index (χ3n) is 6.93. The Balaban J connectivity index is 1.32. The molecular formula is C26H21F4N5OS. The summed E-state index contributed by atoms with van der Waals surface area (Å²) in [6.45, 7) is 0.445. The van der Waals surface area contributed by atoms with Crippen molar-refractivity contribution < 1.29 is 22.3 Å². The molecule has 37 heavy (non-hydrogen) atoms. The standard InChI is InChI=1S/C26H21F4N5OS/c27-19-10-16(26(28,29)30)3-6-18(19)21-22-24(34-25(37-22)13-1-2-13)33-23(32-21)14-7-8-36-20(9-14)15-11-31-35(12-15)17-4-5-17/h3,6,9-13,17,20H,1-2,4-5,7-8H2/t20-/m1/s1. The number of ether oxygens (including phenoxy) is 1. The molecule has 1 aromatic carbocycles. The van der Waals surface area contributed by atoms with Crippen molar-refractivity contribution in [2.45, 2.75) is 56.3 Å². The molecule has 2 saturated carbocycles. The van der Waals surface area contributed by atoms with E-state index in [1.807, 2.05) is 17.0 Å². The molecule has 0 N–H and O–H groups in total. The predicted octanol–water partition coefficient (Wildman–Crippen LogP) is 6.87. The highest BCUT2D eigenvalue weighted by molar-refractivity contribution is 7.19. The van der Waals surface area contributed by atoms with Crippen LogP contribution in [0.3, 0.4) is 0 Å². The second-order valence-electron chi connectivity index (χ2n) is 9.79. The van der Waals surface area contributed by atoms with Gasteiger partial charge >= 0.3 is 6.18 Å². The van der Waals surface area contributed by atoms with Gasteiger partial charge in [0.25, 0.3) is 0 Å². The van der Waals surface area contributed by atoms with Crippen LogP contribution < -0.4 is 0 Å². The number of aromatic nitrogens is 5. The van der Waals surface area contributed by atoms with E-state index in [4.69, 9.17) is 19.7 Å². The highest BCUT2D eigenvalue weighted by atomic mass is 32.1. The van der Waals surface area contributed by atoms with Crippen LogP contribution in [0.15, 0.2) is 36.7 Å². The van der Waals surface area contributed by atoms with Crippen LogP contribution in [-0.4, -0.2) is 31.3 Å². The van der Waals surface area contributed by atoms with Gasteiger partial charge in [0.15, 0.2) is 11.5 Å². The topological polar surface area (TPSA) is 65.7 Å². The number of fused-ring (bicyclic) bond motifs is 1. The van der Waals surface area contributed by atoms with Crippen LogP contribution in [0.2, 0.25) is 0 Å². The number of hydrogen-bond donors (Lipinski definition) is 0. The first-order chi connectivity index (χ1) is 17.8. The van der Waals surface area contributed by atoms with Crippen LogP contribution in [0.1, 0.15) is 72.1 Å². The molecule has 0 unspecified atom stereocenters. The van der Waals surface area contributed by atoms with Crippen molar-refractivity contribution in [3.05, 3.63) is 64.4 Å². The first-order valence-electron chi connectivity index (χ1n) is 12.3. The zero-order chi connectivity index (χ0) is 25.3. The van der Waals surface area contributed by atoms with Crippen molar-refractivity contribution in [1.82, 2.24) is 24.7 Å². The minimum atomic E-state index is -4.63. The lowest BCUT2D eigenvalue weighted by molar-refractivity contribution is -0.137. The van der Waals surface area contributed by atoms with Gasteiger partial charge in [0.2, 0.25) is 0 Å². The normalized spacial score (nSPS) is 20.4. The van der Waals surface area contributed by atoms with Gasteiger partial charge in [-0.25, -0.2) is 19.3 Å². The third-order valence-corrected chi connectivity index (χ3v) is 8.14. The van der Waals surface area contributed by atoms with Gasteiger partial charge < -0.3 is 4.74 Å². The zero-order valence-corrected chi connectivity index (χ0v) is 20.3. The molecule has 4 heterocycles. The van der Waals surface area contributed by atoms with E-state index < -0.39 is 17.6 Å². The highest BCUT2D eigenvalue weighted by Gasteiger charge is 2.33. The van der Waals surface area contributed by atoms with Crippen molar-refractivity contribution in [1.29, 1.82) is 0 Å². The third kappa shape index (κ3) is 4.33. The summed E-state index contributed by atoms with van der Waals surface area (Å²) < 4.78 is 63.1. The average molecular weight is 528 g/mol. The van der Waals surface area contributed by atoms with Gasteiger partial charge in [-0.05, 0) is 62.0 Å². The van der Waals surface area contributed by atoms with Gasteiger partial charge in [-0.3, -0.25) is 4.68 Å². The molecule has 1 aliphatic heterocycles. The molecule has 11 heteroatoms. The van der Waals surface area contributed by atoms with Crippen LogP contribution in [0.25, 0.3) is 27.2 Å². The molecule has 0 amide bonds. The second-order valence-corrected chi connectivity index (χ2v) is 10.8. The van der Waals surface area contributed by atoms with Crippen LogP contribution in [0, 0.1) is 5.82 Å². The molecule has 0 radical (unpaired) electrons. The SMILES string of the molecule is Fc1cc(C(F)(F)F)ccc1-c1nc(C2=C[C@H](c3cnn(C4CC4)c3)OCC2)nc2nc(C3CC3)sc12. The minimum Gasteiger partial charge on any atom is -0.369 e. The van der Waals surface area contributed by atoms with Gasteiger partial charge in [-0.2, -0.15) is 18.3 Å². The van der Waals surface area contributed by atoms with Crippen molar-refractivity contribution in [2.75, 3.05) is 6.61 Å². The summed E-state index contributed by atoms with van der Waals surface area (Å²) in [5.74, 6) is -0.242. The molecular weight excluding hydrogens is 506 g/mol. The van der Waals surface area contributed by atoms with Crippen molar-refractivity contribution in [3.63, 3.8) is 0 Å². The Morgan fingerprint density at radius 3 is 2.62 bits per heavy atom. The number of thiazole rings is 1. The van der Waals surface area contributed by atoms with E-state index in [2.05, 4.69) is 5.10 Å². The summed E-state index contributed by atoms with van der Waals surface area (Å²) in [5, 5.41) is 5.35. The molecule has 3 aliphatic rings. The number of nitrogens with zero attached hydrogens (tertiary/aromatic N) is 5. The average Bonchev–Trinajstić information content (AvgIpc) is 3.82. The molecule has 2 fully saturated rings. The number of rotatable bonds is 5. The Labute approximate surface area is 213 Å². The molecule has 7 rings (SSSR count). The quantitative estimate of drug-likeness (QED) is 0.265. The highest BCUT2D eigenvalue weighted by Crippen LogP contribution is 2.45. The molecule has 1 atom stereocenters. The molecule has 3 aromatic heterocycles. The lowest BCUT2D eigenvalue weighted by Crippen LogP contribution is -2.11. The van der Waals surface area contributed by atoms with Crippen molar-refractivity contribution >= 4 is 27.3 Å². The van der Waals surface area contributed by atoms with E-state index in [-0.39, 0.29) is 17.4 Å². The van der Waals surface area contributed by atoms with Crippen molar-refractivity contribution in [3.8, 4) is 11.3 Å². The smallest absolute Gasteiger partial charge is 0.369 e. The summed E-state index contributed by atoms with van der Waals surface area (Å²) in [7, 11) is 0. The Morgan fingerprint density at radius 1 is 1.05 bits per heavy atom. The largest absolute Gasteiger partial charge is 0.416 e. The summed E-state index contributed by atoms with van der Waals surface area (Å²) in [6.07, 6.45) is 5.65. The number of benzene rings is 1. The summed E-state index contributed by atoms with van der Waals surface area (Å²) >= 11 is 1.39. The lowest BCUT2D eigenvalue weighted by atomic mass is 10.0. The molecule has 6 nitrogen and oxygen atoms in total. The minimum absolute atomic E-state index is 0.00238. The van der Waals surface area contributed by atoms with Gasteiger partial charge in [0.1, 0.15) is 16.6 Å². The fourth-order valence-electron chi connectivity index (χ4n) is 4.58. The van der Waals surface area contributed by atoms with E-state index in [1.54, 1.807) is 6.20 Å². The number of halogens is 4. The van der Waals surface area contributed by atoms with E-state index in [0.717, 1.165) is 54.0 Å².